The second-order valence-corrected chi connectivity index (χ2v) is 9.59. The number of esters is 5. The first-order chi connectivity index (χ1) is 19.7. The number of carbonyl (C=O) groups excluding carboxylic acids is 6. The van der Waals surface area contributed by atoms with Gasteiger partial charge < -0.3 is 28.4 Å². The molecular weight excluding hydrogens is 578 g/mol. The molecule has 2 aromatic rings. The van der Waals surface area contributed by atoms with Gasteiger partial charge in [0.1, 0.15) is 12.4 Å². The van der Waals surface area contributed by atoms with Gasteiger partial charge in [0.15, 0.2) is 29.4 Å². The molecule has 0 aliphatic heterocycles. The number of nitrogens with zero attached hydrogens (tertiary/aromatic N) is 3. The minimum atomic E-state index is -1.68. The highest BCUT2D eigenvalue weighted by molar-refractivity contribution is 7.15. The SMILES string of the molecule is COc1ccc(N(C(C)=O)c2nnc(C(OC(C)=O)C(OC(C)=O)C(OC(C)=O)C(COC(C)=O)OC(C)=O)s2)cc1. The maximum Gasteiger partial charge on any atom is 0.303 e. The third kappa shape index (κ3) is 9.79. The van der Waals surface area contributed by atoms with Gasteiger partial charge in [0.25, 0.3) is 0 Å². The number of benzene rings is 1. The lowest BCUT2D eigenvalue weighted by molar-refractivity contribution is -0.203. The lowest BCUT2D eigenvalue weighted by Gasteiger charge is -2.34. The molecule has 0 N–H and O–H groups in total. The van der Waals surface area contributed by atoms with Crippen LogP contribution < -0.4 is 9.64 Å². The third-order valence-electron chi connectivity index (χ3n) is 5.16. The molecule has 0 saturated heterocycles. The molecule has 0 radical (unpaired) electrons. The molecular formula is C26H31N3O12S. The van der Waals surface area contributed by atoms with Crippen LogP contribution >= 0.6 is 11.3 Å². The quantitative estimate of drug-likeness (QED) is 0.237. The van der Waals surface area contributed by atoms with Gasteiger partial charge in [-0.2, -0.15) is 0 Å². The van der Waals surface area contributed by atoms with Gasteiger partial charge in [-0.05, 0) is 24.3 Å². The van der Waals surface area contributed by atoms with E-state index in [0.717, 1.165) is 46.0 Å². The third-order valence-corrected chi connectivity index (χ3v) is 6.13. The Bertz CT molecular complexity index is 1300. The van der Waals surface area contributed by atoms with Crippen molar-refractivity contribution < 1.29 is 57.2 Å². The molecule has 42 heavy (non-hydrogen) atoms. The van der Waals surface area contributed by atoms with Crippen LogP contribution in [0.3, 0.4) is 0 Å². The highest BCUT2D eigenvalue weighted by Gasteiger charge is 2.46. The van der Waals surface area contributed by atoms with E-state index in [2.05, 4.69) is 10.2 Å². The van der Waals surface area contributed by atoms with Crippen LogP contribution in [0.4, 0.5) is 10.8 Å². The predicted octanol–water partition coefficient (Wildman–Crippen LogP) is 2.19. The first-order valence-electron chi connectivity index (χ1n) is 12.3. The number of ether oxygens (including phenoxy) is 6. The van der Waals surface area contributed by atoms with Crippen molar-refractivity contribution in [1.82, 2.24) is 10.2 Å². The summed E-state index contributed by atoms with van der Waals surface area (Å²) in [7, 11) is 1.49. The largest absolute Gasteiger partial charge is 0.497 e. The number of carbonyl (C=O) groups is 6. The van der Waals surface area contributed by atoms with Crippen molar-refractivity contribution in [2.24, 2.45) is 0 Å². The first kappa shape index (κ1) is 33.6. The number of aromatic nitrogens is 2. The lowest BCUT2D eigenvalue weighted by Crippen LogP contribution is -2.50. The van der Waals surface area contributed by atoms with Crippen molar-refractivity contribution in [1.29, 1.82) is 0 Å². The van der Waals surface area contributed by atoms with E-state index in [4.69, 9.17) is 28.4 Å². The summed E-state index contributed by atoms with van der Waals surface area (Å²) in [4.78, 5) is 73.8. The Kier molecular flexibility index (Phi) is 12.3. The number of rotatable bonds is 13. The van der Waals surface area contributed by atoms with E-state index < -0.39 is 66.8 Å². The number of hydrogen-bond acceptors (Lipinski definition) is 15. The molecule has 1 aromatic carbocycles. The van der Waals surface area contributed by atoms with E-state index in [9.17, 15) is 28.8 Å². The molecule has 0 spiro atoms. The Morgan fingerprint density at radius 2 is 1.29 bits per heavy atom. The summed E-state index contributed by atoms with van der Waals surface area (Å²) >= 11 is 0.809. The highest BCUT2D eigenvalue weighted by Crippen LogP contribution is 2.36. The molecule has 2 rings (SSSR count). The topological polar surface area (TPSA) is 187 Å². The van der Waals surface area contributed by atoms with Crippen LogP contribution in [-0.4, -0.2) is 78.0 Å². The molecule has 0 fully saturated rings. The fourth-order valence-corrected chi connectivity index (χ4v) is 4.65. The summed E-state index contributed by atoms with van der Waals surface area (Å²) in [5.41, 5.74) is 0.417. The van der Waals surface area contributed by atoms with E-state index in [1.165, 1.54) is 18.9 Å². The zero-order valence-electron chi connectivity index (χ0n) is 24.0. The molecule has 0 saturated carbocycles. The minimum absolute atomic E-state index is 0.0573. The second kappa shape index (κ2) is 15.4. The summed E-state index contributed by atoms with van der Waals surface area (Å²) in [5, 5.41) is 8.12. The fraction of sp³-hybridized carbons (Fsp3) is 0.462. The zero-order chi connectivity index (χ0) is 31.6. The van der Waals surface area contributed by atoms with Crippen molar-refractivity contribution in [2.45, 2.75) is 66.0 Å². The standard InChI is InChI=1S/C26H31N3O12S/c1-13(30)29(19-8-10-20(36-7)11-9-19)26-28-27-25(42-26)24(41-18(6)35)23(40-17(5)34)22(39-16(4)33)21(38-15(3)32)12-37-14(2)31/h8-11,21-24H,12H2,1-7H3. The Morgan fingerprint density at radius 1 is 0.738 bits per heavy atom. The van der Waals surface area contributed by atoms with Crippen LogP contribution in [0, 0.1) is 0 Å². The Labute approximate surface area is 245 Å². The Morgan fingerprint density at radius 3 is 1.76 bits per heavy atom. The van der Waals surface area contributed by atoms with Gasteiger partial charge in [-0.1, -0.05) is 11.3 Å². The smallest absolute Gasteiger partial charge is 0.303 e. The predicted molar refractivity (Wildman–Crippen MR) is 144 cm³/mol. The Hall–Kier alpha value is -4.60. The zero-order valence-corrected chi connectivity index (χ0v) is 24.8. The summed E-state index contributed by atoms with van der Waals surface area (Å²) in [6, 6.07) is 6.49. The van der Waals surface area contributed by atoms with Crippen LogP contribution in [-0.2, 0) is 52.5 Å². The van der Waals surface area contributed by atoms with Gasteiger partial charge in [-0.25, -0.2) is 0 Å². The van der Waals surface area contributed by atoms with Gasteiger partial charge in [-0.3, -0.25) is 33.7 Å². The van der Waals surface area contributed by atoms with Crippen molar-refractivity contribution in [3.05, 3.63) is 29.3 Å². The van der Waals surface area contributed by atoms with Crippen molar-refractivity contribution in [3.63, 3.8) is 0 Å². The molecule has 4 atom stereocenters. The number of methoxy groups -OCH3 is 1. The summed E-state index contributed by atoms with van der Waals surface area (Å²) in [6.07, 6.45) is -6.42. The molecule has 15 nitrogen and oxygen atoms in total. The molecule has 228 valence electrons. The monoisotopic (exact) mass is 609 g/mol. The average molecular weight is 610 g/mol. The fourth-order valence-electron chi connectivity index (χ4n) is 3.67. The number of anilines is 2. The molecule has 1 aromatic heterocycles. The maximum absolute atomic E-state index is 12.6. The van der Waals surface area contributed by atoms with Crippen LogP contribution in [0.2, 0.25) is 0 Å². The highest BCUT2D eigenvalue weighted by atomic mass is 32.1. The van der Waals surface area contributed by atoms with E-state index in [0.29, 0.717) is 11.4 Å². The van der Waals surface area contributed by atoms with Crippen molar-refractivity contribution >= 4 is 57.9 Å². The Balaban J connectivity index is 2.66. The number of amides is 1. The van der Waals surface area contributed by atoms with E-state index >= 15 is 0 Å². The second-order valence-electron chi connectivity index (χ2n) is 8.60. The summed E-state index contributed by atoms with van der Waals surface area (Å²) in [5.74, 6) is -4.10. The molecule has 0 aliphatic carbocycles. The average Bonchev–Trinajstić information content (AvgIpc) is 3.36. The van der Waals surface area contributed by atoms with Gasteiger partial charge >= 0.3 is 29.8 Å². The summed E-state index contributed by atoms with van der Waals surface area (Å²) < 4.78 is 31.7. The van der Waals surface area contributed by atoms with Crippen LogP contribution in [0.25, 0.3) is 0 Å². The van der Waals surface area contributed by atoms with Crippen LogP contribution in [0.1, 0.15) is 52.7 Å². The molecule has 16 heteroatoms. The molecule has 0 aliphatic rings. The maximum atomic E-state index is 12.6. The first-order valence-corrected chi connectivity index (χ1v) is 13.2. The van der Waals surface area contributed by atoms with Crippen LogP contribution in [0.15, 0.2) is 24.3 Å². The molecule has 1 amide bonds. The van der Waals surface area contributed by atoms with Gasteiger partial charge in [-0.15, -0.1) is 10.2 Å². The van der Waals surface area contributed by atoms with Crippen LogP contribution in [0.5, 0.6) is 5.75 Å². The van der Waals surface area contributed by atoms with E-state index in [-0.39, 0.29) is 10.1 Å². The van der Waals surface area contributed by atoms with Crippen molar-refractivity contribution in [2.75, 3.05) is 18.6 Å². The lowest BCUT2D eigenvalue weighted by atomic mass is 10.0. The molecule has 0 bridgehead atoms. The number of hydrogen-bond donors (Lipinski definition) is 0. The van der Waals surface area contributed by atoms with E-state index in [1.54, 1.807) is 24.3 Å². The molecule has 4 unspecified atom stereocenters. The minimum Gasteiger partial charge on any atom is -0.497 e. The summed E-state index contributed by atoms with van der Waals surface area (Å²) in [6.45, 7) is 6.01. The van der Waals surface area contributed by atoms with Gasteiger partial charge in [0.2, 0.25) is 11.0 Å². The van der Waals surface area contributed by atoms with Crippen molar-refractivity contribution in [3.8, 4) is 5.75 Å². The van der Waals surface area contributed by atoms with Gasteiger partial charge in [0, 0.05) is 41.5 Å². The van der Waals surface area contributed by atoms with E-state index in [1.807, 2.05) is 0 Å². The van der Waals surface area contributed by atoms with Gasteiger partial charge in [0.05, 0.1) is 12.8 Å². The normalized spacial score (nSPS) is 13.4. The molecule has 1 heterocycles.